The van der Waals surface area contributed by atoms with Crippen molar-refractivity contribution >= 4 is 5.97 Å². The third-order valence-electron chi connectivity index (χ3n) is 2.50. The summed E-state index contributed by atoms with van der Waals surface area (Å²) in [5.74, 6) is 0.379. The van der Waals surface area contributed by atoms with E-state index in [2.05, 4.69) is 11.3 Å². The molecule has 0 saturated carbocycles. The average molecular weight is 280 g/mol. The van der Waals surface area contributed by atoms with Crippen LogP contribution in [0.3, 0.4) is 0 Å². The van der Waals surface area contributed by atoms with Crippen molar-refractivity contribution in [2.75, 3.05) is 27.1 Å². The fourth-order valence-corrected chi connectivity index (χ4v) is 1.46. The molecule has 1 aromatic rings. The summed E-state index contributed by atoms with van der Waals surface area (Å²) in [6, 6.07) is 6.86. The quantitative estimate of drug-likeness (QED) is 0.285. The van der Waals surface area contributed by atoms with Crippen LogP contribution in [0.25, 0.3) is 0 Å². The summed E-state index contributed by atoms with van der Waals surface area (Å²) in [5, 5.41) is 0. The van der Waals surface area contributed by atoms with Gasteiger partial charge in [-0.05, 0) is 37.1 Å². The van der Waals surface area contributed by atoms with E-state index in [-0.39, 0.29) is 12.8 Å². The topological polar surface area (TPSA) is 54.0 Å². The minimum atomic E-state index is -0.351. The Morgan fingerprint density at radius 3 is 2.55 bits per heavy atom. The zero-order valence-corrected chi connectivity index (χ0v) is 11.7. The van der Waals surface area contributed by atoms with Crippen molar-refractivity contribution in [3.8, 4) is 5.75 Å². The standard InChI is InChI=1S/C15H20O5/c1-3-18-12-19-10-4-5-11-20-14-8-6-13(7-9-14)15(16)17-2/h3,6-9H,1,4-5,10-12H2,2H3. The Hall–Kier alpha value is -2.01. The van der Waals surface area contributed by atoms with Gasteiger partial charge in [-0.2, -0.15) is 0 Å². The van der Waals surface area contributed by atoms with Crippen LogP contribution in [0.15, 0.2) is 37.1 Å². The van der Waals surface area contributed by atoms with Crippen LogP contribution < -0.4 is 4.74 Å². The van der Waals surface area contributed by atoms with E-state index in [9.17, 15) is 4.79 Å². The minimum Gasteiger partial charge on any atom is -0.494 e. The highest BCUT2D eigenvalue weighted by Gasteiger charge is 2.04. The fourth-order valence-electron chi connectivity index (χ4n) is 1.46. The molecule has 0 aromatic heterocycles. The van der Waals surface area contributed by atoms with Crippen molar-refractivity contribution in [3.05, 3.63) is 42.7 Å². The van der Waals surface area contributed by atoms with Gasteiger partial charge in [0.25, 0.3) is 0 Å². The number of ether oxygens (including phenoxy) is 4. The Kier molecular flexibility index (Phi) is 7.91. The molecular formula is C15H20O5. The number of carbonyl (C=O) groups is 1. The molecule has 20 heavy (non-hydrogen) atoms. The first-order chi connectivity index (χ1) is 9.77. The second-order valence-electron chi connectivity index (χ2n) is 3.93. The van der Waals surface area contributed by atoms with Gasteiger partial charge in [0.1, 0.15) is 5.75 Å². The molecular weight excluding hydrogens is 260 g/mol. The number of methoxy groups -OCH3 is 1. The highest BCUT2D eigenvalue weighted by atomic mass is 16.7. The van der Waals surface area contributed by atoms with E-state index in [4.69, 9.17) is 14.2 Å². The van der Waals surface area contributed by atoms with Crippen molar-refractivity contribution < 1.29 is 23.7 Å². The highest BCUT2D eigenvalue weighted by molar-refractivity contribution is 5.89. The molecule has 0 saturated heterocycles. The third-order valence-corrected chi connectivity index (χ3v) is 2.50. The summed E-state index contributed by atoms with van der Waals surface area (Å²) in [6.07, 6.45) is 3.12. The number of esters is 1. The van der Waals surface area contributed by atoms with E-state index in [0.29, 0.717) is 18.8 Å². The summed E-state index contributed by atoms with van der Waals surface area (Å²) >= 11 is 0. The smallest absolute Gasteiger partial charge is 0.337 e. The molecule has 0 amide bonds. The molecule has 110 valence electrons. The van der Waals surface area contributed by atoms with E-state index < -0.39 is 0 Å². The molecule has 0 heterocycles. The maximum Gasteiger partial charge on any atom is 0.337 e. The maximum absolute atomic E-state index is 11.2. The summed E-state index contributed by atoms with van der Waals surface area (Å²) in [4.78, 5) is 11.2. The lowest BCUT2D eigenvalue weighted by Crippen LogP contribution is -2.03. The molecule has 0 bridgehead atoms. The zero-order chi connectivity index (χ0) is 14.6. The molecule has 0 aliphatic rings. The largest absolute Gasteiger partial charge is 0.494 e. The van der Waals surface area contributed by atoms with Gasteiger partial charge >= 0.3 is 5.97 Å². The molecule has 5 heteroatoms. The van der Waals surface area contributed by atoms with E-state index in [0.717, 1.165) is 18.6 Å². The van der Waals surface area contributed by atoms with Crippen molar-refractivity contribution in [1.82, 2.24) is 0 Å². The molecule has 0 aliphatic carbocycles. The van der Waals surface area contributed by atoms with E-state index in [1.807, 2.05) is 0 Å². The molecule has 0 N–H and O–H groups in total. The summed E-state index contributed by atoms with van der Waals surface area (Å²) in [5.41, 5.74) is 0.510. The lowest BCUT2D eigenvalue weighted by Gasteiger charge is -2.07. The Morgan fingerprint density at radius 2 is 1.90 bits per heavy atom. The number of benzene rings is 1. The van der Waals surface area contributed by atoms with Crippen LogP contribution in [0, 0.1) is 0 Å². The second kappa shape index (κ2) is 9.86. The van der Waals surface area contributed by atoms with Gasteiger partial charge in [0, 0.05) is 0 Å². The summed E-state index contributed by atoms with van der Waals surface area (Å²) in [7, 11) is 1.36. The first-order valence-corrected chi connectivity index (χ1v) is 6.39. The molecule has 1 rings (SSSR count). The normalized spacial score (nSPS) is 9.85. The molecule has 0 spiro atoms. The van der Waals surface area contributed by atoms with Crippen LogP contribution in [0.1, 0.15) is 23.2 Å². The van der Waals surface area contributed by atoms with Crippen molar-refractivity contribution in [2.24, 2.45) is 0 Å². The molecule has 0 aliphatic heterocycles. The second-order valence-corrected chi connectivity index (χ2v) is 3.93. The molecule has 0 atom stereocenters. The van der Waals surface area contributed by atoms with Crippen molar-refractivity contribution in [3.63, 3.8) is 0 Å². The number of unbranched alkanes of at least 4 members (excludes halogenated alkanes) is 1. The van der Waals surface area contributed by atoms with Gasteiger partial charge in [0.15, 0.2) is 6.79 Å². The third kappa shape index (κ3) is 6.24. The maximum atomic E-state index is 11.2. The number of rotatable bonds is 10. The number of carbonyl (C=O) groups excluding carboxylic acids is 1. The van der Waals surface area contributed by atoms with E-state index in [1.165, 1.54) is 13.4 Å². The van der Waals surface area contributed by atoms with Gasteiger partial charge in [0.2, 0.25) is 0 Å². The Bertz CT molecular complexity index is 399. The van der Waals surface area contributed by atoms with Crippen LogP contribution in [-0.2, 0) is 14.2 Å². The van der Waals surface area contributed by atoms with Crippen molar-refractivity contribution in [1.29, 1.82) is 0 Å². The van der Waals surface area contributed by atoms with Gasteiger partial charge in [-0.3, -0.25) is 0 Å². The first-order valence-electron chi connectivity index (χ1n) is 6.39. The number of hydrogen-bond acceptors (Lipinski definition) is 5. The van der Waals surface area contributed by atoms with E-state index in [1.54, 1.807) is 24.3 Å². The molecule has 0 fully saturated rings. The number of hydrogen-bond donors (Lipinski definition) is 0. The molecule has 1 aromatic carbocycles. The minimum absolute atomic E-state index is 0.235. The fraction of sp³-hybridized carbons (Fsp3) is 0.400. The van der Waals surface area contributed by atoms with Gasteiger partial charge in [-0.25, -0.2) is 4.79 Å². The molecule has 0 unspecified atom stereocenters. The zero-order valence-electron chi connectivity index (χ0n) is 11.7. The van der Waals surface area contributed by atoms with Crippen LogP contribution in [0.2, 0.25) is 0 Å². The van der Waals surface area contributed by atoms with Crippen LogP contribution >= 0.6 is 0 Å². The Balaban J connectivity index is 2.13. The van der Waals surface area contributed by atoms with Crippen LogP contribution in [0.5, 0.6) is 5.75 Å². The predicted octanol–water partition coefficient (Wildman–Crippen LogP) is 2.77. The Morgan fingerprint density at radius 1 is 1.20 bits per heavy atom. The van der Waals surface area contributed by atoms with E-state index >= 15 is 0 Å². The van der Waals surface area contributed by atoms with Crippen molar-refractivity contribution in [2.45, 2.75) is 12.8 Å². The first kappa shape index (κ1) is 16.0. The predicted molar refractivity (Wildman–Crippen MR) is 74.6 cm³/mol. The Labute approximate surface area is 119 Å². The van der Waals surface area contributed by atoms with Gasteiger partial charge in [-0.1, -0.05) is 6.58 Å². The lowest BCUT2D eigenvalue weighted by molar-refractivity contribution is -0.0128. The summed E-state index contributed by atoms with van der Waals surface area (Å²) in [6.45, 7) is 4.87. The van der Waals surface area contributed by atoms with Crippen LogP contribution in [-0.4, -0.2) is 33.1 Å². The molecule has 5 nitrogen and oxygen atoms in total. The van der Waals surface area contributed by atoms with Crippen LogP contribution in [0.4, 0.5) is 0 Å². The molecule has 0 radical (unpaired) electrons. The highest BCUT2D eigenvalue weighted by Crippen LogP contribution is 2.13. The van der Waals surface area contributed by atoms with Gasteiger partial charge in [-0.15, -0.1) is 0 Å². The SMILES string of the molecule is C=COCOCCCCOc1ccc(C(=O)OC)cc1. The average Bonchev–Trinajstić information content (AvgIpc) is 2.50. The summed E-state index contributed by atoms with van der Waals surface area (Å²) < 4.78 is 20.2. The van der Waals surface area contributed by atoms with Gasteiger partial charge < -0.3 is 18.9 Å². The lowest BCUT2D eigenvalue weighted by atomic mass is 10.2. The monoisotopic (exact) mass is 280 g/mol. The van der Waals surface area contributed by atoms with Gasteiger partial charge in [0.05, 0.1) is 32.1 Å².